The van der Waals surface area contributed by atoms with E-state index in [-0.39, 0.29) is 0 Å². The topological polar surface area (TPSA) is 29.1 Å². The van der Waals surface area contributed by atoms with Crippen LogP contribution >= 0.6 is 11.3 Å². The summed E-state index contributed by atoms with van der Waals surface area (Å²) < 4.78 is 1.21. The first-order valence-electron chi connectivity index (χ1n) is 4.45. The summed E-state index contributed by atoms with van der Waals surface area (Å²) in [5.74, 6) is 0. The van der Waals surface area contributed by atoms with Crippen LogP contribution in [0.2, 0.25) is 0 Å². The third-order valence-corrected chi connectivity index (χ3v) is 3.30. The zero-order valence-electron chi connectivity index (χ0n) is 7.91. The fourth-order valence-corrected chi connectivity index (χ4v) is 2.59. The highest BCUT2D eigenvalue weighted by Crippen LogP contribution is 2.27. The summed E-state index contributed by atoms with van der Waals surface area (Å²) in [4.78, 5) is 10.7. The van der Waals surface area contributed by atoms with Gasteiger partial charge in [0.1, 0.15) is 0 Å². The van der Waals surface area contributed by atoms with Gasteiger partial charge in [-0.25, -0.2) is 0 Å². The van der Waals surface area contributed by atoms with Gasteiger partial charge in [0, 0.05) is 27.6 Å². The zero-order valence-corrected chi connectivity index (χ0v) is 8.73. The van der Waals surface area contributed by atoms with Gasteiger partial charge >= 0.3 is 0 Å². The molecule has 1 aromatic carbocycles. The van der Waals surface area contributed by atoms with Crippen molar-refractivity contribution in [2.45, 2.75) is 6.54 Å². The Morgan fingerprint density at radius 2 is 2.36 bits per heavy atom. The van der Waals surface area contributed by atoms with Crippen LogP contribution in [0.4, 0.5) is 0 Å². The SMILES string of the molecule is CNCc1cccc2c(C=O)csc12. The van der Waals surface area contributed by atoms with E-state index in [2.05, 4.69) is 11.4 Å². The molecule has 3 heteroatoms. The molecule has 0 spiro atoms. The van der Waals surface area contributed by atoms with Crippen LogP contribution in [-0.4, -0.2) is 13.3 Å². The second kappa shape index (κ2) is 3.90. The van der Waals surface area contributed by atoms with E-state index in [1.807, 2.05) is 24.6 Å². The molecule has 2 aromatic rings. The van der Waals surface area contributed by atoms with Gasteiger partial charge in [-0.3, -0.25) is 4.79 Å². The molecule has 0 aliphatic heterocycles. The lowest BCUT2D eigenvalue weighted by Gasteiger charge is -2.01. The van der Waals surface area contributed by atoms with Crippen molar-refractivity contribution in [3.63, 3.8) is 0 Å². The third-order valence-electron chi connectivity index (χ3n) is 2.21. The van der Waals surface area contributed by atoms with E-state index < -0.39 is 0 Å². The Balaban J connectivity index is 2.63. The molecule has 0 aliphatic rings. The van der Waals surface area contributed by atoms with E-state index >= 15 is 0 Å². The second-order valence-electron chi connectivity index (χ2n) is 3.13. The lowest BCUT2D eigenvalue weighted by molar-refractivity contribution is 0.112. The van der Waals surface area contributed by atoms with Gasteiger partial charge in [-0.1, -0.05) is 18.2 Å². The van der Waals surface area contributed by atoms with Crippen LogP contribution < -0.4 is 5.32 Å². The van der Waals surface area contributed by atoms with E-state index in [1.165, 1.54) is 10.3 Å². The number of aldehydes is 1. The normalized spacial score (nSPS) is 10.6. The molecule has 72 valence electrons. The van der Waals surface area contributed by atoms with Crippen LogP contribution in [-0.2, 0) is 6.54 Å². The summed E-state index contributed by atoms with van der Waals surface area (Å²) in [5.41, 5.74) is 2.05. The standard InChI is InChI=1S/C11H11NOS/c1-12-5-8-3-2-4-10-9(6-13)7-14-11(8)10/h2-4,6-7,12H,5H2,1H3. The molecular weight excluding hydrogens is 194 g/mol. The van der Waals surface area contributed by atoms with Crippen LogP contribution in [0, 0.1) is 0 Å². The maximum atomic E-state index is 10.7. The summed E-state index contributed by atoms with van der Waals surface area (Å²) in [6.07, 6.45) is 0.919. The molecule has 0 unspecified atom stereocenters. The number of hydrogen-bond acceptors (Lipinski definition) is 3. The monoisotopic (exact) mass is 205 g/mol. The van der Waals surface area contributed by atoms with Crippen LogP contribution in [0.15, 0.2) is 23.6 Å². The van der Waals surface area contributed by atoms with Crippen molar-refractivity contribution >= 4 is 27.7 Å². The summed E-state index contributed by atoms with van der Waals surface area (Å²) >= 11 is 1.63. The number of benzene rings is 1. The predicted molar refractivity (Wildman–Crippen MR) is 60.0 cm³/mol. The highest BCUT2D eigenvalue weighted by Gasteiger charge is 2.05. The number of hydrogen-bond donors (Lipinski definition) is 1. The molecule has 0 saturated carbocycles. The Morgan fingerprint density at radius 1 is 1.50 bits per heavy atom. The second-order valence-corrected chi connectivity index (χ2v) is 4.01. The van der Waals surface area contributed by atoms with Crippen LogP contribution in [0.3, 0.4) is 0 Å². The largest absolute Gasteiger partial charge is 0.316 e. The van der Waals surface area contributed by atoms with Gasteiger partial charge in [0.2, 0.25) is 0 Å². The summed E-state index contributed by atoms with van der Waals surface area (Å²) in [6.45, 7) is 0.843. The molecule has 0 amide bonds. The maximum Gasteiger partial charge on any atom is 0.151 e. The molecule has 2 rings (SSSR count). The Hall–Kier alpha value is -1.19. The zero-order chi connectivity index (χ0) is 9.97. The quantitative estimate of drug-likeness (QED) is 0.780. The van der Waals surface area contributed by atoms with E-state index in [0.29, 0.717) is 0 Å². The summed E-state index contributed by atoms with van der Waals surface area (Å²) in [6, 6.07) is 6.08. The molecule has 0 radical (unpaired) electrons. The molecule has 0 atom stereocenters. The van der Waals surface area contributed by atoms with Gasteiger partial charge in [0.15, 0.2) is 6.29 Å². The Labute approximate surface area is 86.6 Å². The minimum atomic E-state index is 0.794. The maximum absolute atomic E-state index is 10.7. The molecule has 0 aliphatic carbocycles. The average Bonchev–Trinajstić information content (AvgIpc) is 2.62. The van der Waals surface area contributed by atoms with Crippen molar-refractivity contribution in [3.05, 3.63) is 34.7 Å². The fraction of sp³-hybridized carbons (Fsp3) is 0.182. The number of fused-ring (bicyclic) bond motifs is 1. The number of carbonyl (C=O) groups excluding carboxylic acids is 1. The van der Waals surface area contributed by atoms with Gasteiger partial charge in [-0.2, -0.15) is 0 Å². The van der Waals surface area contributed by atoms with Crippen LogP contribution in [0.1, 0.15) is 15.9 Å². The van der Waals surface area contributed by atoms with Crippen molar-refractivity contribution in [1.29, 1.82) is 0 Å². The number of thiophene rings is 1. The predicted octanol–water partition coefficient (Wildman–Crippen LogP) is 2.43. The van der Waals surface area contributed by atoms with Gasteiger partial charge < -0.3 is 5.32 Å². The molecular formula is C11H11NOS. The molecule has 0 saturated heterocycles. The van der Waals surface area contributed by atoms with E-state index in [4.69, 9.17) is 0 Å². The molecule has 2 nitrogen and oxygen atoms in total. The number of nitrogens with one attached hydrogen (secondary N) is 1. The molecule has 14 heavy (non-hydrogen) atoms. The Bertz CT molecular complexity index is 461. The highest BCUT2D eigenvalue weighted by molar-refractivity contribution is 7.17. The first kappa shape index (κ1) is 9.37. The molecule has 1 aromatic heterocycles. The summed E-state index contributed by atoms with van der Waals surface area (Å²) in [7, 11) is 1.92. The van der Waals surface area contributed by atoms with Crippen molar-refractivity contribution in [1.82, 2.24) is 5.32 Å². The Morgan fingerprint density at radius 3 is 3.07 bits per heavy atom. The van der Waals surface area contributed by atoms with Gasteiger partial charge in [-0.15, -0.1) is 11.3 Å². The number of carbonyl (C=O) groups is 1. The Kier molecular flexibility index (Phi) is 2.61. The van der Waals surface area contributed by atoms with Crippen molar-refractivity contribution in [3.8, 4) is 0 Å². The van der Waals surface area contributed by atoms with Gasteiger partial charge in [0.25, 0.3) is 0 Å². The van der Waals surface area contributed by atoms with E-state index in [9.17, 15) is 4.79 Å². The number of rotatable bonds is 3. The van der Waals surface area contributed by atoms with Gasteiger partial charge in [-0.05, 0) is 12.6 Å². The third kappa shape index (κ3) is 1.45. The minimum Gasteiger partial charge on any atom is -0.316 e. The van der Waals surface area contributed by atoms with Crippen LogP contribution in [0.5, 0.6) is 0 Å². The highest BCUT2D eigenvalue weighted by atomic mass is 32.1. The van der Waals surface area contributed by atoms with Crippen molar-refractivity contribution < 1.29 is 4.79 Å². The van der Waals surface area contributed by atoms with Crippen molar-refractivity contribution in [2.75, 3.05) is 7.05 Å². The average molecular weight is 205 g/mol. The fourth-order valence-electron chi connectivity index (χ4n) is 1.56. The van der Waals surface area contributed by atoms with Gasteiger partial charge in [0.05, 0.1) is 0 Å². The molecule has 0 bridgehead atoms. The molecule has 1 N–H and O–H groups in total. The first-order chi connectivity index (χ1) is 6.86. The van der Waals surface area contributed by atoms with E-state index in [1.54, 1.807) is 11.3 Å². The molecule has 0 fully saturated rings. The lowest BCUT2D eigenvalue weighted by atomic mass is 10.1. The van der Waals surface area contributed by atoms with Crippen LogP contribution in [0.25, 0.3) is 10.1 Å². The van der Waals surface area contributed by atoms with E-state index in [0.717, 1.165) is 23.8 Å². The smallest absolute Gasteiger partial charge is 0.151 e. The van der Waals surface area contributed by atoms with Crippen molar-refractivity contribution in [2.24, 2.45) is 0 Å². The molecule has 1 heterocycles. The summed E-state index contributed by atoms with van der Waals surface area (Å²) in [5, 5.41) is 6.10. The first-order valence-corrected chi connectivity index (χ1v) is 5.33. The lowest BCUT2D eigenvalue weighted by Crippen LogP contribution is -2.04. The minimum absolute atomic E-state index is 0.794.